The van der Waals surface area contributed by atoms with Crippen molar-refractivity contribution in [3.63, 3.8) is 0 Å². The molecule has 2 fully saturated rings. The lowest BCUT2D eigenvalue weighted by atomic mass is 9.63. The Morgan fingerprint density at radius 3 is 2.12 bits per heavy atom. The third-order valence-electron chi connectivity index (χ3n) is 7.25. The van der Waals surface area contributed by atoms with Crippen LogP contribution in [0.2, 0.25) is 5.02 Å². The van der Waals surface area contributed by atoms with Gasteiger partial charge in [-0.2, -0.15) is 0 Å². The summed E-state index contributed by atoms with van der Waals surface area (Å²) in [4.78, 5) is 0. The van der Waals surface area contributed by atoms with E-state index < -0.39 is 0 Å². The molecule has 3 aromatic carbocycles. The molecule has 0 spiro atoms. The summed E-state index contributed by atoms with van der Waals surface area (Å²) < 4.78 is 0. The Labute approximate surface area is 160 Å². The van der Waals surface area contributed by atoms with Crippen LogP contribution in [0, 0.1) is 11.8 Å². The van der Waals surface area contributed by atoms with Gasteiger partial charge in [-0.15, -0.1) is 0 Å². The molecule has 130 valence electrons. The summed E-state index contributed by atoms with van der Waals surface area (Å²) in [5, 5.41) is 3.70. The molecule has 4 bridgehead atoms. The van der Waals surface area contributed by atoms with E-state index in [0.717, 1.165) is 16.9 Å². The number of hydrogen-bond donors (Lipinski definition) is 0. The summed E-state index contributed by atoms with van der Waals surface area (Å²) in [6.07, 6.45) is 6.83. The Morgan fingerprint density at radius 2 is 1.35 bits per heavy atom. The van der Waals surface area contributed by atoms with Crippen LogP contribution in [0.5, 0.6) is 0 Å². The van der Waals surface area contributed by atoms with Gasteiger partial charge in [0.05, 0.1) is 0 Å². The largest absolute Gasteiger partial charge is 0.0840 e. The van der Waals surface area contributed by atoms with Gasteiger partial charge in [0.15, 0.2) is 0 Å². The van der Waals surface area contributed by atoms with Crippen LogP contribution in [0.4, 0.5) is 0 Å². The highest BCUT2D eigenvalue weighted by atomic mass is 35.5. The fourth-order valence-electron chi connectivity index (χ4n) is 6.36. The summed E-state index contributed by atoms with van der Waals surface area (Å²) in [5.74, 6) is 3.10. The van der Waals surface area contributed by atoms with Crippen LogP contribution in [0.15, 0.2) is 54.6 Å². The van der Waals surface area contributed by atoms with Gasteiger partial charge in [-0.3, -0.25) is 0 Å². The van der Waals surface area contributed by atoms with E-state index in [-0.39, 0.29) is 0 Å². The zero-order valence-electron chi connectivity index (χ0n) is 14.9. The monoisotopic (exact) mass is 358 g/mol. The average molecular weight is 359 g/mol. The number of fused-ring (bicyclic) bond motifs is 1. The molecule has 2 atom stereocenters. The zero-order valence-corrected chi connectivity index (χ0v) is 15.7. The molecule has 3 aromatic rings. The van der Waals surface area contributed by atoms with Crippen molar-refractivity contribution >= 4 is 22.4 Å². The van der Waals surface area contributed by atoms with E-state index in [1.54, 1.807) is 5.56 Å². The SMILES string of the molecule is Clc1cccc2c1C1CC3CC(CC(C3)c3cc4ccccc4cc3-2)C1. The topological polar surface area (TPSA) is 0 Å². The lowest BCUT2D eigenvalue weighted by Crippen LogP contribution is -2.29. The van der Waals surface area contributed by atoms with Crippen LogP contribution in [-0.2, 0) is 0 Å². The number of rotatable bonds is 0. The van der Waals surface area contributed by atoms with Crippen molar-refractivity contribution in [1.82, 2.24) is 0 Å². The smallest absolute Gasteiger partial charge is 0.0447 e. The molecule has 0 N–H and O–H groups in total. The van der Waals surface area contributed by atoms with E-state index in [1.165, 1.54) is 59.6 Å². The fourth-order valence-corrected chi connectivity index (χ4v) is 6.68. The van der Waals surface area contributed by atoms with E-state index in [4.69, 9.17) is 11.6 Å². The Morgan fingerprint density at radius 1 is 0.654 bits per heavy atom. The predicted molar refractivity (Wildman–Crippen MR) is 110 cm³/mol. The van der Waals surface area contributed by atoms with Gasteiger partial charge in [0.1, 0.15) is 0 Å². The maximum Gasteiger partial charge on any atom is 0.0447 e. The van der Waals surface area contributed by atoms with Gasteiger partial charge in [0.2, 0.25) is 0 Å². The quantitative estimate of drug-likeness (QED) is 0.389. The maximum atomic E-state index is 6.81. The second kappa shape index (κ2) is 5.60. The van der Waals surface area contributed by atoms with Crippen LogP contribution in [0.25, 0.3) is 21.9 Å². The molecule has 4 aliphatic carbocycles. The van der Waals surface area contributed by atoms with Gasteiger partial charge in [0.25, 0.3) is 0 Å². The van der Waals surface area contributed by atoms with Crippen molar-refractivity contribution in [2.75, 3.05) is 0 Å². The summed E-state index contributed by atoms with van der Waals surface area (Å²) >= 11 is 6.81. The maximum absolute atomic E-state index is 6.81. The summed E-state index contributed by atoms with van der Waals surface area (Å²) in [7, 11) is 0. The minimum absolute atomic E-state index is 0.640. The third kappa shape index (κ3) is 2.21. The Kier molecular flexibility index (Phi) is 3.29. The van der Waals surface area contributed by atoms with Crippen molar-refractivity contribution in [2.24, 2.45) is 11.8 Å². The van der Waals surface area contributed by atoms with Crippen LogP contribution >= 0.6 is 11.6 Å². The van der Waals surface area contributed by atoms with E-state index in [0.29, 0.717) is 11.8 Å². The highest BCUT2D eigenvalue weighted by molar-refractivity contribution is 6.31. The third-order valence-corrected chi connectivity index (χ3v) is 7.58. The van der Waals surface area contributed by atoms with Crippen molar-refractivity contribution in [3.05, 3.63) is 70.7 Å². The highest BCUT2D eigenvalue weighted by Crippen LogP contribution is 2.56. The minimum Gasteiger partial charge on any atom is -0.0840 e. The molecule has 26 heavy (non-hydrogen) atoms. The van der Waals surface area contributed by atoms with Gasteiger partial charge < -0.3 is 0 Å². The van der Waals surface area contributed by atoms with Gasteiger partial charge in [-0.25, -0.2) is 0 Å². The summed E-state index contributed by atoms with van der Waals surface area (Å²) in [6.45, 7) is 0. The predicted octanol–water partition coefficient (Wildman–Crippen LogP) is 7.55. The van der Waals surface area contributed by atoms with Gasteiger partial charge in [0, 0.05) is 5.02 Å². The normalized spacial score (nSPS) is 29.0. The van der Waals surface area contributed by atoms with Gasteiger partial charge in [-0.1, -0.05) is 54.1 Å². The molecule has 0 saturated heterocycles. The van der Waals surface area contributed by atoms with E-state index >= 15 is 0 Å². The molecule has 2 unspecified atom stereocenters. The molecular weight excluding hydrogens is 336 g/mol. The van der Waals surface area contributed by atoms with Crippen LogP contribution in [-0.4, -0.2) is 0 Å². The van der Waals surface area contributed by atoms with E-state index in [1.807, 2.05) is 0 Å². The first-order chi connectivity index (χ1) is 12.8. The van der Waals surface area contributed by atoms with Crippen LogP contribution in [0.3, 0.4) is 0 Å². The molecule has 4 aliphatic rings. The lowest BCUT2D eigenvalue weighted by Gasteiger charge is -2.42. The van der Waals surface area contributed by atoms with Crippen LogP contribution in [0.1, 0.15) is 55.1 Å². The summed E-state index contributed by atoms with van der Waals surface area (Å²) in [6, 6.07) is 20.3. The first kappa shape index (κ1) is 15.3. The molecule has 0 radical (unpaired) electrons. The van der Waals surface area contributed by atoms with Crippen molar-refractivity contribution < 1.29 is 0 Å². The molecule has 0 aromatic heterocycles. The second-order valence-electron chi connectivity index (χ2n) is 8.79. The van der Waals surface area contributed by atoms with Crippen molar-refractivity contribution in [3.8, 4) is 11.1 Å². The standard InChI is InChI=1S/C25H23Cl/c26-24-7-3-6-21-23-14-18-5-2-1-4-17(18)13-22(23)19-9-15-8-16(10-19)12-20(11-15)25(21)24/h1-7,13-16,19-20H,8-12H2. The van der Waals surface area contributed by atoms with E-state index in [2.05, 4.69) is 54.6 Å². The molecular formula is C25H23Cl. The molecule has 0 heterocycles. The van der Waals surface area contributed by atoms with Crippen LogP contribution < -0.4 is 0 Å². The Hall–Kier alpha value is -1.79. The molecule has 7 rings (SSSR count). The number of hydrogen-bond acceptors (Lipinski definition) is 0. The average Bonchev–Trinajstić information content (AvgIpc) is 2.70. The second-order valence-corrected chi connectivity index (χ2v) is 9.20. The van der Waals surface area contributed by atoms with Gasteiger partial charge in [-0.05, 0) is 101 Å². The number of halogens is 1. The van der Waals surface area contributed by atoms with Crippen molar-refractivity contribution in [1.29, 1.82) is 0 Å². The Bertz CT molecular complexity index is 1000. The van der Waals surface area contributed by atoms with Crippen molar-refractivity contribution in [2.45, 2.75) is 43.9 Å². The lowest BCUT2D eigenvalue weighted by molar-refractivity contribution is 0.153. The number of benzene rings is 3. The minimum atomic E-state index is 0.640. The summed E-state index contributed by atoms with van der Waals surface area (Å²) in [5.41, 5.74) is 5.85. The molecule has 0 aliphatic heterocycles. The molecule has 1 heteroatoms. The molecule has 2 saturated carbocycles. The molecule has 0 nitrogen and oxygen atoms in total. The molecule has 0 amide bonds. The van der Waals surface area contributed by atoms with Gasteiger partial charge >= 0.3 is 0 Å². The zero-order chi connectivity index (χ0) is 17.3. The highest BCUT2D eigenvalue weighted by Gasteiger charge is 2.40. The van der Waals surface area contributed by atoms with E-state index in [9.17, 15) is 0 Å². The Balaban J connectivity index is 1.72. The first-order valence-corrected chi connectivity index (χ1v) is 10.5. The fraction of sp³-hybridized carbons (Fsp3) is 0.360. The first-order valence-electron chi connectivity index (χ1n) is 10.1.